The first-order chi connectivity index (χ1) is 12.6. The number of ether oxygens (including phenoxy) is 1. The highest BCUT2D eigenvalue weighted by Crippen LogP contribution is 2.48. The van der Waals surface area contributed by atoms with Gasteiger partial charge >= 0.3 is 5.97 Å². The van der Waals surface area contributed by atoms with E-state index in [1.54, 1.807) is 0 Å². The summed E-state index contributed by atoms with van der Waals surface area (Å²) < 4.78 is 6.07. The average Bonchev–Trinajstić information content (AvgIpc) is 2.52. The van der Waals surface area contributed by atoms with Crippen LogP contribution in [-0.2, 0) is 9.53 Å². The minimum absolute atomic E-state index is 0.191. The monoisotopic (exact) mass is 402 g/mol. The van der Waals surface area contributed by atoms with Crippen molar-refractivity contribution in [2.24, 2.45) is 22.7 Å². The van der Waals surface area contributed by atoms with Gasteiger partial charge in [-0.05, 0) is 64.2 Å². The van der Waals surface area contributed by atoms with Gasteiger partial charge in [0.1, 0.15) is 8.07 Å². The minimum Gasteiger partial charge on any atom is -0.445 e. The SMILES string of the molecule is C#C[C@]1(OC(=O)C(C)(C)C)CC[C@H](C(C)(C)C)C[C@@H]1CCCC#C[Si](C)(C)C. The number of terminal acetylenes is 1. The Morgan fingerprint density at radius 3 is 2.25 bits per heavy atom. The summed E-state index contributed by atoms with van der Waals surface area (Å²) in [6.45, 7) is 19.4. The van der Waals surface area contributed by atoms with Crippen molar-refractivity contribution in [3.05, 3.63) is 0 Å². The summed E-state index contributed by atoms with van der Waals surface area (Å²) in [5.41, 5.74) is 2.37. The Hall–Kier alpha value is -1.19. The van der Waals surface area contributed by atoms with E-state index in [4.69, 9.17) is 11.2 Å². The smallest absolute Gasteiger partial charge is 0.312 e. The molecular formula is C25H42O2Si. The zero-order chi connectivity index (χ0) is 21.8. The Morgan fingerprint density at radius 1 is 1.18 bits per heavy atom. The molecule has 0 heterocycles. The lowest BCUT2D eigenvalue weighted by Crippen LogP contribution is -2.49. The Balaban J connectivity index is 2.99. The van der Waals surface area contributed by atoms with Gasteiger partial charge in [-0.3, -0.25) is 4.79 Å². The third-order valence-electron chi connectivity index (χ3n) is 5.77. The van der Waals surface area contributed by atoms with Gasteiger partial charge in [-0.25, -0.2) is 0 Å². The molecule has 3 heteroatoms. The average molecular weight is 403 g/mol. The second-order valence-electron chi connectivity index (χ2n) is 11.7. The summed E-state index contributed by atoms with van der Waals surface area (Å²) in [6.07, 6.45) is 11.7. The predicted molar refractivity (Wildman–Crippen MR) is 122 cm³/mol. The van der Waals surface area contributed by atoms with Crippen LogP contribution >= 0.6 is 0 Å². The van der Waals surface area contributed by atoms with Crippen molar-refractivity contribution in [3.63, 3.8) is 0 Å². The van der Waals surface area contributed by atoms with Crippen molar-refractivity contribution in [2.75, 3.05) is 0 Å². The third-order valence-corrected chi connectivity index (χ3v) is 6.69. The van der Waals surface area contributed by atoms with E-state index >= 15 is 0 Å². The van der Waals surface area contributed by atoms with E-state index < -0.39 is 19.1 Å². The van der Waals surface area contributed by atoms with Gasteiger partial charge in [0.15, 0.2) is 5.60 Å². The molecule has 1 fully saturated rings. The molecule has 0 aliphatic heterocycles. The molecule has 1 saturated carbocycles. The summed E-state index contributed by atoms with van der Waals surface area (Å²) in [5, 5.41) is 0. The maximum absolute atomic E-state index is 12.7. The molecule has 1 aliphatic rings. The van der Waals surface area contributed by atoms with Crippen molar-refractivity contribution < 1.29 is 9.53 Å². The van der Waals surface area contributed by atoms with Crippen molar-refractivity contribution in [1.29, 1.82) is 0 Å². The standard InChI is InChI=1S/C25H42O2Si/c1-11-25(27-22(26)24(5,6)7)17-16-20(23(2,3)4)19-21(25)15-13-12-14-18-28(8,9)10/h1,20-21H,12-13,15-17,19H2,2-10H3/t20-,21-,25-/m0/s1. The van der Waals surface area contributed by atoms with Gasteiger partial charge in [-0.15, -0.1) is 17.9 Å². The van der Waals surface area contributed by atoms with Crippen LogP contribution in [0.4, 0.5) is 0 Å². The Labute approximate surface area is 175 Å². The lowest BCUT2D eigenvalue weighted by molar-refractivity contribution is -0.174. The Bertz CT molecular complexity index is 640. The molecule has 1 aliphatic carbocycles. The molecule has 0 N–H and O–H groups in total. The number of hydrogen-bond donors (Lipinski definition) is 0. The number of hydrogen-bond acceptors (Lipinski definition) is 2. The number of esters is 1. The maximum Gasteiger partial charge on any atom is 0.312 e. The highest BCUT2D eigenvalue weighted by molar-refractivity contribution is 6.83. The van der Waals surface area contributed by atoms with Crippen molar-refractivity contribution in [1.82, 2.24) is 0 Å². The first kappa shape index (κ1) is 24.8. The van der Waals surface area contributed by atoms with Crippen LogP contribution in [0.15, 0.2) is 0 Å². The summed E-state index contributed by atoms with van der Waals surface area (Å²) in [7, 11) is -1.32. The molecule has 158 valence electrons. The predicted octanol–water partition coefficient (Wildman–Crippen LogP) is 6.46. The van der Waals surface area contributed by atoms with Gasteiger partial charge < -0.3 is 4.74 Å². The third kappa shape index (κ3) is 7.33. The Kier molecular flexibility index (Phi) is 8.06. The van der Waals surface area contributed by atoms with Crippen LogP contribution in [0.1, 0.15) is 80.1 Å². The van der Waals surface area contributed by atoms with Crippen LogP contribution in [0.3, 0.4) is 0 Å². The van der Waals surface area contributed by atoms with Gasteiger partial charge in [0.2, 0.25) is 0 Å². The molecule has 3 atom stereocenters. The topological polar surface area (TPSA) is 26.3 Å². The van der Waals surface area contributed by atoms with Gasteiger partial charge in [0.05, 0.1) is 5.41 Å². The van der Waals surface area contributed by atoms with Crippen molar-refractivity contribution >= 4 is 14.0 Å². The molecule has 0 unspecified atom stereocenters. The summed E-state index contributed by atoms with van der Waals surface area (Å²) in [4.78, 5) is 12.7. The van der Waals surface area contributed by atoms with E-state index in [1.165, 1.54) is 0 Å². The summed E-state index contributed by atoms with van der Waals surface area (Å²) in [5.74, 6) is 6.91. The summed E-state index contributed by atoms with van der Waals surface area (Å²) >= 11 is 0. The van der Waals surface area contributed by atoms with Crippen LogP contribution in [0.2, 0.25) is 19.6 Å². The number of rotatable bonds is 4. The quantitative estimate of drug-likeness (QED) is 0.233. The molecule has 0 bridgehead atoms. The van der Waals surface area contributed by atoms with E-state index in [2.05, 4.69) is 57.8 Å². The molecule has 0 aromatic heterocycles. The number of unbranched alkanes of at least 4 members (excludes halogenated alkanes) is 1. The van der Waals surface area contributed by atoms with Crippen molar-refractivity contribution in [3.8, 4) is 23.8 Å². The van der Waals surface area contributed by atoms with Gasteiger partial charge in [-0.1, -0.05) is 46.3 Å². The van der Waals surface area contributed by atoms with Gasteiger partial charge in [0.25, 0.3) is 0 Å². The second-order valence-corrected chi connectivity index (χ2v) is 16.4. The van der Waals surface area contributed by atoms with E-state index in [0.29, 0.717) is 5.92 Å². The fourth-order valence-corrected chi connectivity index (χ4v) is 4.47. The summed E-state index contributed by atoms with van der Waals surface area (Å²) in [6, 6.07) is 0. The molecule has 0 aromatic carbocycles. The first-order valence-electron chi connectivity index (χ1n) is 10.8. The number of carbonyl (C=O) groups is 1. The van der Waals surface area contributed by atoms with E-state index in [9.17, 15) is 4.79 Å². The zero-order valence-electron chi connectivity index (χ0n) is 19.8. The molecular weight excluding hydrogens is 360 g/mol. The van der Waals surface area contributed by atoms with Gasteiger partial charge in [-0.2, -0.15) is 0 Å². The fraction of sp³-hybridized carbons (Fsp3) is 0.800. The molecule has 2 nitrogen and oxygen atoms in total. The van der Waals surface area contributed by atoms with E-state index in [1.807, 2.05) is 20.8 Å². The van der Waals surface area contributed by atoms with E-state index in [0.717, 1.165) is 38.5 Å². The van der Waals surface area contributed by atoms with Crippen molar-refractivity contribution in [2.45, 2.75) is 105 Å². The Morgan fingerprint density at radius 2 is 1.79 bits per heavy atom. The van der Waals surface area contributed by atoms with Gasteiger partial charge in [0, 0.05) is 12.3 Å². The number of carbonyl (C=O) groups excluding carboxylic acids is 1. The first-order valence-corrected chi connectivity index (χ1v) is 14.3. The molecule has 0 saturated heterocycles. The molecule has 0 spiro atoms. The van der Waals surface area contributed by atoms with E-state index in [-0.39, 0.29) is 17.3 Å². The molecule has 0 radical (unpaired) electrons. The maximum atomic E-state index is 12.7. The second kappa shape index (κ2) is 9.09. The molecule has 0 amide bonds. The minimum atomic E-state index is -1.32. The zero-order valence-corrected chi connectivity index (χ0v) is 20.8. The van der Waals surface area contributed by atoms with Crippen LogP contribution in [0, 0.1) is 46.5 Å². The highest BCUT2D eigenvalue weighted by atomic mass is 28.3. The van der Waals surface area contributed by atoms with Crippen LogP contribution in [0.5, 0.6) is 0 Å². The van der Waals surface area contributed by atoms with Crippen LogP contribution in [0.25, 0.3) is 0 Å². The molecule has 28 heavy (non-hydrogen) atoms. The normalized spacial score (nSPS) is 26.0. The largest absolute Gasteiger partial charge is 0.445 e. The van der Waals surface area contributed by atoms with Crippen LogP contribution in [-0.4, -0.2) is 19.6 Å². The molecule has 1 rings (SSSR count). The lowest BCUT2D eigenvalue weighted by atomic mass is 9.62. The lowest BCUT2D eigenvalue weighted by Gasteiger charge is -2.47. The molecule has 0 aromatic rings. The van der Waals surface area contributed by atoms with Crippen LogP contribution < -0.4 is 0 Å². The highest BCUT2D eigenvalue weighted by Gasteiger charge is 2.48. The fourth-order valence-electron chi connectivity index (χ4n) is 3.82.